The SMILES string of the molecule is Cc1nc(C)c(C)[nH+]c1C.F[B-](F)(F)F.O.O. The van der Waals surface area contributed by atoms with Gasteiger partial charge in [0.2, 0.25) is 0 Å². The van der Waals surface area contributed by atoms with Gasteiger partial charge in [-0.15, -0.1) is 0 Å². The third-order valence-corrected chi connectivity index (χ3v) is 1.80. The van der Waals surface area contributed by atoms with Crippen LogP contribution in [0, 0.1) is 27.7 Å². The summed E-state index contributed by atoms with van der Waals surface area (Å²) in [4.78, 5) is 7.59. The second-order valence-corrected chi connectivity index (χ2v) is 3.15. The quantitative estimate of drug-likeness (QED) is 0.500. The van der Waals surface area contributed by atoms with Gasteiger partial charge < -0.3 is 28.2 Å². The first-order valence-corrected chi connectivity index (χ1v) is 4.32. The number of hydrogen-bond donors (Lipinski definition) is 0. The van der Waals surface area contributed by atoms with E-state index >= 15 is 0 Å². The van der Waals surface area contributed by atoms with Gasteiger partial charge in [0.05, 0.1) is 0 Å². The summed E-state index contributed by atoms with van der Waals surface area (Å²) in [5.41, 5.74) is 4.48. The number of nitrogens with one attached hydrogen (secondary N) is 1. The average Bonchev–Trinajstić information content (AvgIpc) is 1.98. The Bertz CT molecular complexity index is 291. The normalized spacial score (nSPS) is 9.41. The molecule has 4 nitrogen and oxygen atoms in total. The van der Waals surface area contributed by atoms with Crippen LogP contribution in [0.3, 0.4) is 0 Å². The van der Waals surface area contributed by atoms with Crippen molar-refractivity contribution in [2.45, 2.75) is 27.7 Å². The van der Waals surface area contributed by atoms with E-state index in [0.29, 0.717) is 0 Å². The minimum Gasteiger partial charge on any atom is -0.418 e. The van der Waals surface area contributed by atoms with Crippen LogP contribution in [0.4, 0.5) is 17.3 Å². The van der Waals surface area contributed by atoms with Crippen LogP contribution in [0.5, 0.6) is 0 Å². The van der Waals surface area contributed by atoms with Crippen LogP contribution in [0.2, 0.25) is 0 Å². The molecule has 0 aromatic carbocycles. The lowest BCUT2D eigenvalue weighted by atomic mass is 10.3. The Labute approximate surface area is 96.8 Å². The molecule has 1 heterocycles. The summed E-state index contributed by atoms with van der Waals surface area (Å²) in [5.74, 6) is 0. The Morgan fingerprint density at radius 2 is 1.06 bits per heavy atom. The van der Waals surface area contributed by atoms with E-state index in [1.54, 1.807) is 0 Å². The standard InChI is InChI=1S/C8H12N2.BF4.2H2O/c1-5-6(2)10-8(4)7(3)9-5;2-1(3,4)5;;/h1-4H3;;2*1H2/q;-1;;/p+1. The number of halogens is 4. The van der Waals surface area contributed by atoms with Crippen molar-refractivity contribution in [3.8, 4) is 0 Å². The van der Waals surface area contributed by atoms with Gasteiger partial charge >= 0.3 is 7.25 Å². The molecule has 0 aliphatic carbocycles. The first-order valence-electron chi connectivity index (χ1n) is 4.32. The summed E-state index contributed by atoms with van der Waals surface area (Å²) in [5, 5.41) is 0. The molecule has 1 aromatic rings. The zero-order valence-corrected chi connectivity index (χ0v) is 10.0. The maximum atomic E-state index is 9.75. The smallest absolute Gasteiger partial charge is 0.418 e. The molecule has 0 bridgehead atoms. The monoisotopic (exact) mass is 260 g/mol. The van der Waals surface area contributed by atoms with Crippen molar-refractivity contribution >= 4 is 7.25 Å². The number of rotatable bonds is 0. The van der Waals surface area contributed by atoms with Crippen molar-refractivity contribution in [3.05, 3.63) is 22.8 Å². The minimum absolute atomic E-state index is 0. The van der Waals surface area contributed by atoms with Gasteiger partial charge in [0.1, 0.15) is 11.4 Å². The Balaban J connectivity index is -0.000000247. The number of aromatic amines is 1. The molecule has 0 saturated heterocycles. The van der Waals surface area contributed by atoms with E-state index in [0.717, 1.165) is 22.8 Å². The fourth-order valence-corrected chi connectivity index (χ4v) is 0.881. The molecule has 0 aliphatic heterocycles. The predicted octanol–water partition coefficient (Wildman–Crippen LogP) is 0.780. The summed E-state index contributed by atoms with van der Waals surface area (Å²) in [6, 6.07) is 0. The highest BCUT2D eigenvalue weighted by Crippen LogP contribution is 2.06. The molecular weight excluding hydrogens is 243 g/mol. The number of aryl methyl sites for hydroxylation is 4. The topological polar surface area (TPSA) is 90.0 Å². The highest BCUT2D eigenvalue weighted by atomic mass is 19.5. The van der Waals surface area contributed by atoms with Gasteiger partial charge in [0.15, 0.2) is 11.4 Å². The van der Waals surface area contributed by atoms with Gasteiger partial charge in [-0.2, -0.15) is 0 Å². The van der Waals surface area contributed by atoms with E-state index < -0.39 is 7.25 Å². The highest BCUT2D eigenvalue weighted by molar-refractivity contribution is 6.50. The Morgan fingerprint density at radius 1 is 0.824 bits per heavy atom. The number of aromatic nitrogens is 2. The molecule has 0 atom stereocenters. The lowest BCUT2D eigenvalue weighted by Crippen LogP contribution is -2.17. The fourth-order valence-electron chi connectivity index (χ4n) is 0.881. The summed E-state index contributed by atoms with van der Waals surface area (Å²) in [6.07, 6.45) is 0. The third-order valence-electron chi connectivity index (χ3n) is 1.80. The van der Waals surface area contributed by atoms with Gasteiger partial charge in [-0.05, 0) is 13.8 Å². The molecule has 0 spiro atoms. The van der Waals surface area contributed by atoms with Crippen molar-refractivity contribution in [1.29, 1.82) is 0 Å². The van der Waals surface area contributed by atoms with Crippen LogP contribution in [-0.2, 0) is 0 Å². The Kier molecular flexibility index (Phi) is 9.89. The summed E-state index contributed by atoms with van der Waals surface area (Å²) in [6.45, 7) is 8.10. The lowest BCUT2D eigenvalue weighted by molar-refractivity contribution is -0.399. The van der Waals surface area contributed by atoms with Gasteiger partial charge in [0.25, 0.3) is 0 Å². The molecule has 9 heteroatoms. The van der Waals surface area contributed by atoms with Crippen molar-refractivity contribution in [3.63, 3.8) is 0 Å². The van der Waals surface area contributed by atoms with Crippen molar-refractivity contribution < 1.29 is 33.2 Å². The number of H-pyrrole nitrogens is 1. The van der Waals surface area contributed by atoms with E-state index in [2.05, 4.69) is 9.97 Å². The molecule has 0 radical (unpaired) electrons. The largest absolute Gasteiger partial charge is 0.673 e. The van der Waals surface area contributed by atoms with E-state index in [9.17, 15) is 17.3 Å². The van der Waals surface area contributed by atoms with E-state index in [1.165, 1.54) is 0 Å². The van der Waals surface area contributed by atoms with Crippen LogP contribution >= 0.6 is 0 Å². The van der Waals surface area contributed by atoms with Gasteiger partial charge in [-0.1, -0.05) is 0 Å². The van der Waals surface area contributed by atoms with Crippen molar-refractivity contribution in [2.75, 3.05) is 0 Å². The van der Waals surface area contributed by atoms with Gasteiger partial charge in [-0.3, -0.25) is 0 Å². The Hall–Kier alpha value is -1.22. The van der Waals surface area contributed by atoms with E-state index in [4.69, 9.17) is 0 Å². The molecule has 0 fully saturated rings. The molecule has 17 heavy (non-hydrogen) atoms. The molecule has 0 saturated carbocycles. The zero-order valence-electron chi connectivity index (χ0n) is 10.0. The predicted molar refractivity (Wildman–Crippen MR) is 57.2 cm³/mol. The average molecular weight is 260 g/mol. The number of hydrogen-bond acceptors (Lipinski definition) is 1. The third kappa shape index (κ3) is 11.1. The molecule has 0 amide bonds. The van der Waals surface area contributed by atoms with Gasteiger partial charge in [-0.25, -0.2) is 9.97 Å². The van der Waals surface area contributed by atoms with Gasteiger partial charge in [0, 0.05) is 13.8 Å². The fraction of sp³-hybridized carbons (Fsp3) is 0.500. The molecule has 0 aliphatic rings. The molecule has 1 rings (SSSR count). The summed E-state index contributed by atoms with van der Waals surface area (Å²) in [7, 11) is -6.00. The second kappa shape index (κ2) is 7.96. The second-order valence-electron chi connectivity index (χ2n) is 3.15. The molecule has 1 aromatic heterocycles. The van der Waals surface area contributed by atoms with Crippen LogP contribution in [-0.4, -0.2) is 23.2 Å². The number of nitrogens with zero attached hydrogens (tertiary/aromatic N) is 1. The van der Waals surface area contributed by atoms with Crippen LogP contribution in [0.1, 0.15) is 22.8 Å². The van der Waals surface area contributed by atoms with E-state index in [-0.39, 0.29) is 11.0 Å². The maximum Gasteiger partial charge on any atom is 0.673 e. The first kappa shape index (κ1) is 21.1. The van der Waals surface area contributed by atoms with Crippen LogP contribution in [0.15, 0.2) is 0 Å². The molecule has 102 valence electrons. The van der Waals surface area contributed by atoms with Crippen molar-refractivity contribution in [2.24, 2.45) is 0 Å². The van der Waals surface area contributed by atoms with Crippen LogP contribution < -0.4 is 4.98 Å². The minimum atomic E-state index is -6.00. The molecular formula is C8H17BF4N2O2. The lowest BCUT2D eigenvalue weighted by Gasteiger charge is -1.95. The molecule has 5 N–H and O–H groups in total. The van der Waals surface area contributed by atoms with E-state index in [1.807, 2.05) is 27.7 Å². The molecule has 0 unspecified atom stereocenters. The Morgan fingerprint density at radius 3 is 1.24 bits per heavy atom. The van der Waals surface area contributed by atoms with Crippen molar-refractivity contribution in [1.82, 2.24) is 4.98 Å². The first-order chi connectivity index (χ1) is 6.61. The summed E-state index contributed by atoms with van der Waals surface area (Å²) >= 11 is 0. The van der Waals surface area contributed by atoms with Crippen LogP contribution in [0.25, 0.3) is 0 Å². The zero-order chi connectivity index (χ0) is 12.2. The maximum absolute atomic E-state index is 9.75. The summed E-state index contributed by atoms with van der Waals surface area (Å²) < 4.78 is 39.0. The highest BCUT2D eigenvalue weighted by Gasteiger charge is 2.20.